The molecule has 7 heteroatoms. The van der Waals surface area contributed by atoms with Crippen molar-refractivity contribution in [2.75, 3.05) is 10.6 Å². The summed E-state index contributed by atoms with van der Waals surface area (Å²) >= 11 is 17.4. The zero-order chi connectivity index (χ0) is 18.7. The lowest BCUT2D eigenvalue weighted by Crippen LogP contribution is -2.19. The molecule has 0 aliphatic carbocycles. The molecule has 1 heterocycles. The van der Waals surface area contributed by atoms with E-state index in [1.165, 1.54) is 5.56 Å². The summed E-state index contributed by atoms with van der Waals surface area (Å²) in [6.45, 7) is 4.79. The van der Waals surface area contributed by atoms with Gasteiger partial charge in [0.1, 0.15) is 0 Å². The lowest BCUT2D eigenvalue weighted by molar-refractivity contribution is 0.659. The van der Waals surface area contributed by atoms with Gasteiger partial charge in [0, 0.05) is 16.4 Å². The smallest absolute Gasteiger partial charge is 0.175 e. The number of aryl methyl sites for hydroxylation is 2. The number of benzene rings is 2. The molecule has 0 amide bonds. The second-order valence-corrected chi connectivity index (χ2v) is 7.24. The van der Waals surface area contributed by atoms with Crippen LogP contribution in [0.3, 0.4) is 0 Å². The van der Waals surface area contributed by atoms with E-state index >= 15 is 0 Å². The fourth-order valence-corrected chi connectivity index (χ4v) is 3.26. The van der Waals surface area contributed by atoms with Gasteiger partial charge in [0.15, 0.2) is 5.11 Å². The molecule has 4 nitrogen and oxygen atoms in total. The number of anilines is 2. The summed E-state index contributed by atoms with van der Waals surface area (Å²) in [7, 11) is 0. The monoisotopic (exact) mass is 404 g/mol. The average molecular weight is 405 g/mol. The van der Waals surface area contributed by atoms with Crippen LogP contribution in [-0.4, -0.2) is 14.9 Å². The van der Waals surface area contributed by atoms with Gasteiger partial charge >= 0.3 is 0 Å². The summed E-state index contributed by atoms with van der Waals surface area (Å²) < 4.78 is 1.99. The van der Waals surface area contributed by atoms with Gasteiger partial charge in [-0.25, -0.2) is 0 Å². The molecule has 0 aliphatic rings. The van der Waals surface area contributed by atoms with E-state index < -0.39 is 0 Å². The van der Waals surface area contributed by atoms with Crippen LogP contribution in [0.15, 0.2) is 48.5 Å². The Balaban J connectivity index is 1.61. The first kappa shape index (κ1) is 18.7. The van der Waals surface area contributed by atoms with Crippen LogP contribution in [0.4, 0.5) is 11.4 Å². The average Bonchev–Trinajstić information content (AvgIpc) is 2.89. The highest BCUT2D eigenvalue weighted by Gasteiger charge is 2.05. The number of nitrogens with zero attached hydrogens (tertiary/aromatic N) is 2. The predicted octanol–water partition coefficient (Wildman–Crippen LogP) is 5.66. The van der Waals surface area contributed by atoms with Crippen molar-refractivity contribution in [3.63, 3.8) is 0 Å². The number of thiocarbonyl (C=S) groups is 1. The molecule has 0 unspecified atom stereocenters. The first-order chi connectivity index (χ1) is 12.4. The molecule has 0 saturated heterocycles. The quantitative estimate of drug-likeness (QED) is 0.550. The molecule has 0 bridgehead atoms. The lowest BCUT2D eigenvalue weighted by Gasteiger charge is -2.12. The van der Waals surface area contributed by atoms with Crippen molar-refractivity contribution in [2.45, 2.75) is 20.4 Å². The maximum absolute atomic E-state index is 6.15. The Kier molecular flexibility index (Phi) is 5.81. The number of hydrogen-bond donors (Lipinski definition) is 2. The summed E-state index contributed by atoms with van der Waals surface area (Å²) in [5, 5.41) is 12.3. The number of aromatic nitrogens is 2. The van der Waals surface area contributed by atoms with Crippen molar-refractivity contribution < 1.29 is 0 Å². The van der Waals surface area contributed by atoms with Crippen molar-refractivity contribution in [3.05, 3.63) is 75.5 Å². The normalized spacial score (nSPS) is 10.6. The van der Waals surface area contributed by atoms with Gasteiger partial charge in [-0.1, -0.05) is 35.3 Å². The number of nitrogens with one attached hydrogen (secondary N) is 2. The molecule has 134 valence electrons. The molecule has 2 N–H and O–H groups in total. The molecule has 0 aliphatic heterocycles. The zero-order valence-electron chi connectivity index (χ0n) is 14.4. The van der Waals surface area contributed by atoms with Gasteiger partial charge in [0.25, 0.3) is 0 Å². The predicted molar refractivity (Wildman–Crippen MR) is 114 cm³/mol. The van der Waals surface area contributed by atoms with Crippen LogP contribution < -0.4 is 10.6 Å². The van der Waals surface area contributed by atoms with Gasteiger partial charge in [0.2, 0.25) is 0 Å². The molecular weight excluding hydrogens is 387 g/mol. The molecule has 2 aromatic carbocycles. The first-order valence-electron chi connectivity index (χ1n) is 8.04. The molecule has 0 spiro atoms. The topological polar surface area (TPSA) is 41.9 Å². The van der Waals surface area contributed by atoms with Gasteiger partial charge in [-0.2, -0.15) is 5.10 Å². The molecule has 26 heavy (non-hydrogen) atoms. The van der Waals surface area contributed by atoms with E-state index in [-0.39, 0.29) is 0 Å². The van der Waals surface area contributed by atoms with Crippen molar-refractivity contribution >= 4 is 51.9 Å². The molecule has 1 aromatic heterocycles. The molecule has 0 atom stereocenters. The fourth-order valence-electron chi connectivity index (χ4n) is 2.58. The van der Waals surface area contributed by atoms with Crippen LogP contribution >= 0.6 is 35.4 Å². The standard InChI is InChI=1S/C19H18Cl2N4S/c1-12-9-13(2)25(24-12)11-14-3-6-16(7-4-14)22-19(26)23-18-8-5-15(20)10-17(18)21/h3-10H,11H2,1-2H3,(H2,22,23,26). The highest BCUT2D eigenvalue weighted by Crippen LogP contribution is 2.25. The Bertz CT molecular complexity index is 935. The second kappa shape index (κ2) is 8.08. The highest BCUT2D eigenvalue weighted by molar-refractivity contribution is 7.80. The van der Waals surface area contributed by atoms with Gasteiger partial charge in [0.05, 0.1) is 22.9 Å². The van der Waals surface area contributed by atoms with Crippen molar-refractivity contribution in [1.29, 1.82) is 0 Å². The highest BCUT2D eigenvalue weighted by atomic mass is 35.5. The van der Waals surface area contributed by atoms with Crippen molar-refractivity contribution in [3.8, 4) is 0 Å². The summed E-state index contributed by atoms with van der Waals surface area (Å²) in [5.74, 6) is 0. The minimum absolute atomic E-state index is 0.459. The minimum atomic E-state index is 0.459. The van der Waals surface area contributed by atoms with Crippen LogP contribution in [0, 0.1) is 13.8 Å². The third-order valence-electron chi connectivity index (χ3n) is 3.83. The summed E-state index contributed by atoms with van der Waals surface area (Å²) in [6.07, 6.45) is 0. The lowest BCUT2D eigenvalue weighted by atomic mass is 10.2. The van der Waals surface area contributed by atoms with Gasteiger partial charge in [-0.05, 0) is 68.0 Å². The molecule has 3 rings (SSSR count). The van der Waals surface area contributed by atoms with Crippen LogP contribution in [0.25, 0.3) is 0 Å². The van der Waals surface area contributed by atoms with E-state index in [1.54, 1.807) is 18.2 Å². The largest absolute Gasteiger partial charge is 0.332 e. The van der Waals surface area contributed by atoms with Crippen molar-refractivity contribution in [1.82, 2.24) is 9.78 Å². The zero-order valence-corrected chi connectivity index (χ0v) is 16.7. The maximum Gasteiger partial charge on any atom is 0.175 e. The summed E-state index contributed by atoms with van der Waals surface area (Å²) in [5.41, 5.74) is 4.94. The van der Waals surface area contributed by atoms with Crippen LogP contribution in [0.5, 0.6) is 0 Å². The molecule has 3 aromatic rings. The molecule has 0 radical (unpaired) electrons. The summed E-state index contributed by atoms with van der Waals surface area (Å²) in [4.78, 5) is 0. The van der Waals surface area contributed by atoms with Crippen LogP contribution in [0.2, 0.25) is 10.0 Å². The fraction of sp³-hybridized carbons (Fsp3) is 0.158. The van der Waals surface area contributed by atoms with Crippen LogP contribution in [-0.2, 0) is 6.54 Å². The van der Waals surface area contributed by atoms with E-state index in [0.29, 0.717) is 20.8 Å². The molecule has 0 fully saturated rings. The van der Waals surface area contributed by atoms with E-state index in [2.05, 4.69) is 40.9 Å². The third kappa shape index (κ3) is 4.75. The van der Waals surface area contributed by atoms with Gasteiger partial charge < -0.3 is 10.6 Å². The Morgan fingerprint density at radius 3 is 2.38 bits per heavy atom. The van der Waals surface area contributed by atoms with E-state index in [4.69, 9.17) is 35.4 Å². The minimum Gasteiger partial charge on any atom is -0.332 e. The number of halogens is 2. The Morgan fingerprint density at radius 1 is 1.04 bits per heavy atom. The second-order valence-electron chi connectivity index (χ2n) is 5.98. The molecule has 0 saturated carbocycles. The van der Waals surface area contributed by atoms with E-state index in [1.807, 2.05) is 23.7 Å². The SMILES string of the molecule is Cc1cc(C)n(Cc2ccc(NC(=S)Nc3ccc(Cl)cc3Cl)cc2)n1. The van der Waals surface area contributed by atoms with Gasteiger partial charge in [-0.15, -0.1) is 0 Å². The summed E-state index contributed by atoms with van der Waals surface area (Å²) in [6, 6.07) is 15.4. The Morgan fingerprint density at radius 2 is 1.77 bits per heavy atom. The molecular formula is C19H18Cl2N4S. The number of rotatable bonds is 4. The third-order valence-corrected chi connectivity index (χ3v) is 4.58. The van der Waals surface area contributed by atoms with Crippen molar-refractivity contribution in [2.24, 2.45) is 0 Å². The number of hydrogen-bond acceptors (Lipinski definition) is 2. The van der Waals surface area contributed by atoms with E-state index in [9.17, 15) is 0 Å². The first-order valence-corrected chi connectivity index (χ1v) is 9.20. The van der Waals surface area contributed by atoms with Gasteiger partial charge in [-0.3, -0.25) is 4.68 Å². The Hall–Kier alpha value is -2.08. The maximum atomic E-state index is 6.15. The van der Waals surface area contributed by atoms with E-state index in [0.717, 1.165) is 23.6 Å². The van der Waals surface area contributed by atoms with Crippen LogP contribution in [0.1, 0.15) is 17.0 Å². The Labute approximate surface area is 168 Å².